The van der Waals surface area contributed by atoms with Crippen LogP contribution in [-0.4, -0.2) is 34.9 Å². The molecule has 0 aliphatic rings. The predicted molar refractivity (Wildman–Crippen MR) is 120 cm³/mol. The summed E-state index contributed by atoms with van der Waals surface area (Å²) in [4.78, 5) is 16.9. The average Bonchev–Trinajstić information content (AvgIpc) is 3.29. The molecule has 0 saturated heterocycles. The highest BCUT2D eigenvalue weighted by Crippen LogP contribution is 2.31. The maximum Gasteiger partial charge on any atom is 0.280 e. The maximum atomic E-state index is 12.9. The van der Waals surface area contributed by atoms with Crippen molar-refractivity contribution < 1.29 is 19.0 Å². The highest BCUT2D eigenvalue weighted by molar-refractivity contribution is 6.04. The van der Waals surface area contributed by atoms with E-state index in [1.54, 1.807) is 48.6 Å². The first kappa shape index (κ1) is 20.9. The second-order valence-electron chi connectivity index (χ2n) is 6.79. The van der Waals surface area contributed by atoms with Crippen LogP contribution in [0.5, 0.6) is 17.2 Å². The fourth-order valence-corrected chi connectivity index (χ4v) is 3.08. The number of hydrogen-bond acceptors (Lipinski definition) is 6. The molecule has 8 heteroatoms. The molecule has 4 aromatic rings. The van der Waals surface area contributed by atoms with Crippen molar-refractivity contribution in [2.24, 2.45) is 0 Å². The topological polar surface area (TPSA) is 87.5 Å². The lowest BCUT2D eigenvalue weighted by atomic mass is 10.2. The minimum Gasteiger partial charge on any atom is -0.493 e. The number of benzene rings is 2. The summed E-state index contributed by atoms with van der Waals surface area (Å²) in [5.74, 6) is 1.03. The number of amides is 1. The summed E-state index contributed by atoms with van der Waals surface area (Å²) >= 11 is 0. The molecule has 2 aromatic carbocycles. The van der Waals surface area contributed by atoms with Crippen molar-refractivity contribution in [3.63, 3.8) is 0 Å². The molecule has 8 nitrogen and oxygen atoms in total. The van der Waals surface area contributed by atoms with Gasteiger partial charge in [-0.3, -0.25) is 9.78 Å². The number of aromatic nitrogens is 3. The summed E-state index contributed by atoms with van der Waals surface area (Å²) in [5, 5.41) is 7.24. The minimum absolute atomic E-state index is 0.173. The summed E-state index contributed by atoms with van der Waals surface area (Å²) in [7, 11) is 3.07. The van der Waals surface area contributed by atoms with Gasteiger partial charge in [-0.05, 0) is 42.0 Å². The largest absolute Gasteiger partial charge is 0.493 e. The Morgan fingerprint density at radius 3 is 2.41 bits per heavy atom. The summed E-state index contributed by atoms with van der Waals surface area (Å²) in [6.07, 6.45) is 5.07. The molecular weight excluding hydrogens is 408 g/mol. The third-order valence-corrected chi connectivity index (χ3v) is 4.70. The lowest BCUT2D eigenvalue weighted by Gasteiger charge is -2.13. The van der Waals surface area contributed by atoms with Crippen LogP contribution in [0.2, 0.25) is 0 Å². The van der Waals surface area contributed by atoms with Crippen molar-refractivity contribution in [1.82, 2.24) is 14.8 Å². The monoisotopic (exact) mass is 430 g/mol. The van der Waals surface area contributed by atoms with Crippen molar-refractivity contribution in [3.8, 4) is 22.9 Å². The van der Waals surface area contributed by atoms with Crippen LogP contribution >= 0.6 is 0 Å². The van der Waals surface area contributed by atoms with Gasteiger partial charge in [0.1, 0.15) is 6.61 Å². The Bertz CT molecular complexity index is 1190. The minimum atomic E-state index is -0.401. The zero-order chi connectivity index (χ0) is 22.3. The number of ether oxygens (including phenoxy) is 3. The molecule has 0 aliphatic heterocycles. The van der Waals surface area contributed by atoms with E-state index in [2.05, 4.69) is 15.4 Å². The first-order valence-electron chi connectivity index (χ1n) is 9.88. The zero-order valence-corrected chi connectivity index (χ0v) is 17.7. The van der Waals surface area contributed by atoms with E-state index in [1.165, 1.54) is 7.11 Å². The standard InChI is InChI=1S/C24H22N4O4/c1-30-20-9-8-18(14-21(20)32-16-17-10-12-25-13-11-17)26-24(29)23-22(31-2)15-28(27-23)19-6-4-3-5-7-19/h3-15H,16H2,1-2H3,(H,26,29). The summed E-state index contributed by atoms with van der Waals surface area (Å²) in [5.41, 5.74) is 2.50. The third-order valence-electron chi connectivity index (χ3n) is 4.70. The molecule has 1 N–H and O–H groups in total. The van der Waals surface area contributed by atoms with Gasteiger partial charge in [0.05, 0.1) is 26.1 Å². The molecule has 0 aliphatic carbocycles. The van der Waals surface area contributed by atoms with Crippen LogP contribution < -0.4 is 19.5 Å². The normalized spacial score (nSPS) is 10.4. The van der Waals surface area contributed by atoms with Gasteiger partial charge in [0, 0.05) is 24.1 Å². The molecule has 2 aromatic heterocycles. The van der Waals surface area contributed by atoms with Crippen molar-refractivity contribution >= 4 is 11.6 Å². The van der Waals surface area contributed by atoms with Crippen LogP contribution in [0.25, 0.3) is 5.69 Å². The van der Waals surface area contributed by atoms with Crippen molar-refractivity contribution in [2.45, 2.75) is 6.61 Å². The van der Waals surface area contributed by atoms with Crippen LogP contribution in [0.3, 0.4) is 0 Å². The molecule has 162 valence electrons. The van der Waals surface area contributed by atoms with Crippen molar-refractivity contribution in [2.75, 3.05) is 19.5 Å². The lowest BCUT2D eigenvalue weighted by molar-refractivity contribution is 0.101. The predicted octanol–water partition coefficient (Wildman–Crippen LogP) is 4.12. The zero-order valence-electron chi connectivity index (χ0n) is 17.7. The summed E-state index contributed by atoms with van der Waals surface area (Å²) in [6.45, 7) is 0.339. The molecule has 0 unspecified atom stereocenters. The Morgan fingerprint density at radius 2 is 1.69 bits per heavy atom. The van der Waals surface area contributed by atoms with E-state index in [9.17, 15) is 4.79 Å². The second-order valence-corrected chi connectivity index (χ2v) is 6.79. The number of nitrogens with zero attached hydrogens (tertiary/aromatic N) is 3. The van der Waals surface area contributed by atoms with Gasteiger partial charge in [-0.1, -0.05) is 18.2 Å². The van der Waals surface area contributed by atoms with Crippen LogP contribution in [0.4, 0.5) is 5.69 Å². The van der Waals surface area contributed by atoms with Gasteiger partial charge in [0.25, 0.3) is 5.91 Å². The SMILES string of the molecule is COc1ccc(NC(=O)c2nn(-c3ccccc3)cc2OC)cc1OCc1ccncc1. The number of anilines is 1. The van der Waals surface area contributed by atoms with Crippen molar-refractivity contribution in [1.29, 1.82) is 0 Å². The lowest BCUT2D eigenvalue weighted by Crippen LogP contribution is -2.14. The molecule has 0 radical (unpaired) electrons. The van der Waals surface area contributed by atoms with E-state index in [4.69, 9.17) is 14.2 Å². The van der Waals surface area contributed by atoms with Gasteiger partial charge in [0.15, 0.2) is 22.9 Å². The van der Waals surface area contributed by atoms with E-state index >= 15 is 0 Å². The van der Waals surface area contributed by atoms with Gasteiger partial charge >= 0.3 is 0 Å². The average molecular weight is 430 g/mol. The number of methoxy groups -OCH3 is 2. The van der Waals surface area contributed by atoms with Gasteiger partial charge in [-0.15, -0.1) is 0 Å². The molecular formula is C24H22N4O4. The van der Waals surface area contributed by atoms with Gasteiger partial charge in [-0.25, -0.2) is 4.68 Å². The molecule has 0 saturated carbocycles. The maximum absolute atomic E-state index is 12.9. The van der Waals surface area contributed by atoms with Crippen LogP contribution in [-0.2, 0) is 6.61 Å². The van der Waals surface area contributed by atoms with E-state index in [0.717, 1.165) is 11.3 Å². The first-order chi connectivity index (χ1) is 15.7. The number of carbonyl (C=O) groups excluding carboxylic acids is 1. The Balaban J connectivity index is 1.53. The number of nitrogens with one attached hydrogen (secondary N) is 1. The highest BCUT2D eigenvalue weighted by Gasteiger charge is 2.19. The van der Waals surface area contributed by atoms with Crippen LogP contribution in [0.1, 0.15) is 16.1 Å². The number of para-hydroxylation sites is 1. The molecule has 0 spiro atoms. The highest BCUT2D eigenvalue weighted by atomic mass is 16.5. The third kappa shape index (κ3) is 4.70. The van der Waals surface area contributed by atoms with E-state index in [-0.39, 0.29) is 5.69 Å². The smallest absolute Gasteiger partial charge is 0.280 e. The fraction of sp³-hybridized carbons (Fsp3) is 0.125. The number of carbonyl (C=O) groups is 1. The second kappa shape index (κ2) is 9.65. The van der Waals surface area contributed by atoms with E-state index in [0.29, 0.717) is 29.5 Å². The Hall–Kier alpha value is -4.33. The van der Waals surface area contributed by atoms with Gasteiger partial charge < -0.3 is 19.5 Å². The van der Waals surface area contributed by atoms with Crippen molar-refractivity contribution in [3.05, 3.63) is 90.5 Å². The van der Waals surface area contributed by atoms with Crippen LogP contribution in [0, 0.1) is 0 Å². The Kier molecular flexibility index (Phi) is 6.31. The molecule has 2 heterocycles. The van der Waals surface area contributed by atoms with E-state index < -0.39 is 5.91 Å². The van der Waals surface area contributed by atoms with E-state index in [1.807, 2.05) is 42.5 Å². The Labute approximate surface area is 185 Å². The van der Waals surface area contributed by atoms with Gasteiger partial charge in [0.2, 0.25) is 0 Å². The molecule has 32 heavy (non-hydrogen) atoms. The summed E-state index contributed by atoms with van der Waals surface area (Å²) < 4.78 is 18.2. The molecule has 4 rings (SSSR count). The summed E-state index contributed by atoms with van der Waals surface area (Å²) in [6, 6.07) is 18.4. The van der Waals surface area contributed by atoms with Crippen LogP contribution in [0.15, 0.2) is 79.3 Å². The number of pyridine rings is 1. The quantitative estimate of drug-likeness (QED) is 0.453. The fourth-order valence-electron chi connectivity index (χ4n) is 3.08. The first-order valence-corrected chi connectivity index (χ1v) is 9.88. The Morgan fingerprint density at radius 1 is 0.938 bits per heavy atom. The number of rotatable bonds is 8. The molecule has 1 amide bonds. The molecule has 0 atom stereocenters. The molecule has 0 fully saturated rings. The number of hydrogen-bond donors (Lipinski definition) is 1. The molecule has 0 bridgehead atoms. The van der Waals surface area contributed by atoms with Gasteiger partial charge in [-0.2, -0.15) is 5.10 Å².